The fourth-order valence-electron chi connectivity index (χ4n) is 3.29. The first-order chi connectivity index (χ1) is 12.3. The third-order valence-corrected chi connectivity index (χ3v) is 5.06. The van der Waals surface area contributed by atoms with E-state index in [1.54, 1.807) is 0 Å². The number of pyridine rings is 1. The van der Waals surface area contributed by atoms with Gasteiger partial charge in [-0.3, -0.25) is 9.89 Å². The highest BCUT2D eigenvalue weighted by molar-refractivity contribution is 5.79. The maximum atomic E-state index is 5.75. The molecule has 3 rings (SSSR count). The van der Waals surface area contributed by atoms with Crippen LogP contribution in [0.2, 0.25) is 0 Å². The molecule has 2 N–H and O–H groups in total. The van der Waals surface area contributed by atoms with E-state index in [0.29, 0.717) is 12.6 Å². The molecule has 2 aliphatic rings. The van der Waals surface area contributed by atoms with Crippen molar-refractivity contribution >= 4 is 5.96 Å². The van der Waals surface area contributed by atoms with Gasteiger partial charge in [0.15, 0.2) is 5.96 Å². The second-order valence-corrected chi connectivity index (χ2v) is 6.99. The van der Waals surface area contributed by atoms with Crippen LogP contribution in [-0.2, 0) is 6.54 Å². The van der Waals surface area contributed by atoms with Crippen molar-refractivity contribution in [1.82, 2.24) is 20.5 Å². The Morgan fingerprint density at radius 2 is 2.24 bits per heavy atom. The molecule has 0 radical (unpaired) electrons. The fourth-order valence-corrected chi connectivity index (χ4v) is 3.29. The van der Waals surface area contributed by atoms with E-state index in [-0.39, 0.29) is 0 Å². The molecule has 0 amide bonds. The number of rotatable bonds is 8. The SMILES string of the molecule is CCN1CCCC1CNC(=NC)NCc1ccnc(OCC2CC2)c1. The smallest absolute Gasteiger partial charge is 0.213 e. The van der Waals surface area contributed by atoms with E-state index in [2.05, 4.69) is 32.4 Å². The third-order valence-electron chi connectivity index (χ3n) is 5.06. The van der Waals surface area contributed by atoms with E-state index in [9.17, 15) is 0 Å². The second-order valence-electron chi connectivity index (χ2n) is 6.99. The van der Waals surface area contributed by atoms with Gasteiger partial charge < -0.3 is 15.4 Å². The Morgan fingerprint density at radius 1 is 1.36 bits per heavy atom. The molecule has 138 valence electrons. The van der Waals surface area contributed by atoms with E-state index < -0.39 is 0 Å². The lowest BCUT2D eigenvalue weighted by Gasteiger charge is -2.24. The standard InChI is InChI=1S/C19H31N5O/c1-3-24-10-4-5-17(24)13-23-19(20-2)22-12-16-8-9-21-18(11-16)25-14-15-6-7-15/h8-9,11,15,17H,3-7,10,12-14H2,1-2H3,(H2,20,22,23). The monoisotopic (exact) mass is 345 g/mol. The fraction of sp³-hybridized carbons (Fsp3) is 0.684. The number of aliphatic imine (C=N–C) groups is 1. The summed E-state index contributed by atoms with van der Waals surface area (Å²) in [5.74, 6) is 2.31. The number of nitrogens with zero attached hydrogens (tertiary/aromatic N) is 3. The van der Waals surface area contributed by atoms with Crippen LogP contribution < -0.4 is 15.4 Å². The van der Waals surface area contributed by atoms with Gasteiger partial charge in [-0.25, -0.2) is 4.98 Å². The molecule has 6 nitrogen and oxygen atoms in total. The van der Waals surface area contributed by atoms with Crippen molar-refractivity contribution in [3.63, 3.8) is 0 Å². The predicted molar refractivity (Wildman–Crippen MR) is 101 cm³/mol. The summed E-state index contributed by atoms with van der Waals surface area (Å²) in [7, 11) is 1.82. The number of likely N-dealkylation sites (tertiary alicyclic amines) is 1. The number of likely N-dealkylation sites (N-methyl/N-ethyl adjacent to an activating group) is 1. The average Bonchev–Trinajstić information content (AvgIpc) is 3.37. The Hall–Kier alpha value is -1.82. The molecule has 25 heavy (non-hydrogen) atoms. The van der Waals surface area contributed by atoms with Crippen LogP contribution in [0.3, 0.4) is 0 Å². The molecule has 1 saturated heterocycles. The molecule has 1 aliphatic carbocycles. The summed E-state index contributed by atoms with van der Waals surface area (Å²) in [6.45, 7) is 7.03. The molecular weight excluding hydrogens is 314 g/mol. The number of guanidine groups is 1. The highest BCUT2D eigenvalue weighted by Crippen LogP contribution is 2.29. The van der Waals surface area contributed by atoms with Gasteiger partial charge in [0.25, 0.3) is 0 Å². The molecule has 1 aliphatic heterocycles. The Kier molecular flexibility index (Phi) is 6.50. The normalized spacial score (nSPS) is 21.4. The quantitative estimate of drug-likeness (QED) is 0.557. The predicted octanol–water partition coefficient (Wildman–Crippen LogP) is 2.02. The van der Waals surface area contributed by atoms with E-state index in [1.807, 2.05) is 25.4 Å². The van der Waals surface area contributed by atoms with E-state index >= 15 is 0 Å². The number of ether oxygens (including phenoxy) is 1. The van der Waals surface area contributed by atoms with Crippen molar-refractivity contribution in [2.24, 2.45) is 10.9 Å². The van der Waals surface area contributed by atoms with Gasteiger partial charge in [0, 0.05) is 38.4 Å². The van der Waals surface area contributed by atoms with Gasteiger partial charge in [-0.05, 0) is 56.3 Å². The zero-order valence-electron chi connectivity index (χ0n) is 15.5. The minimum absolute atomic E-state index is 0.618. The molecule has 1 aromatic heterocycles. The molecule has 2 heterocycles. The van der Waals surface area contributed by atoms with Crippen LogP contribution >= 0.6 is 0 Å². The van der Waals surface area contributed by atoms with Crippen molar-refractivity contribution in [1.29, 1.82) is 0 Å². The molecule has 1 unspecified atom stereocenters. The summed E-state index contributed by atoms with van der Waals surface area (Å²) in [6, 6.07) is 4.64. The Bertz CT molecular complexity index is 573. The minimum Gasteiger partial charge on any atom is -0.477 e. The average molecular weight is 345 g/mol. The summed E-state index contributed by atoms with van der Waals surface area (Å²) in [5, 5.41) is 6.84. The first-order valence-electron chi connectivity index (χ1n) is 9.54. The largest absolute Gasteiger partial charge is 0.477 e. The van der Waals surface area contributed by atoms with Crippen LogP contribution in [0, 0.1) is 5.92 Å². The van der Waals surface area contributed by atoms with Gasteiger partial charge >= 0.3 is 0 Å². The minimum atomic E-state index is 0.618. The molecule has 2 fully saturated rings. The lowest BCUT2D eigenvalue weighted by molar-refractivity contribution is 0.267. The number of nitrogens with one attached hydrogen (secondary N) is 2. The van der Waals surface area contributed by atoms with Gasteiger partial charge in [0.2, 0.25) is 5.88 Å². The summed E-state index contributed by atoms with van der Waals surface area (Å²) >= 11 is 0. The van der Waals surface area contributed by atoms with Crippen molar-refractivity contribution in [3.8, 4) is 5.88 Å². The molecule has 0 bridgehead atoms. The molecule has 1 aromatic rings. The maximum Gasteiger partial charge on any atom is 0.213 e. The van der Waals surface area contributed by atoms with Crippen LogP contribution in [0.1, 0.15) is 38.2 Å². The van der Waals surface area contributed by atoms with E-state index in [4.69, 9.17) is 4.74 Å². The summed E-state index contributed by atoms with van der Waals surface area (Å²) in [6.07, 6.45) is 6.96. The van der Waals surface area contributed by atoms with E-state index in [0.717, 1.165) is 43.0 Å². The highest BCUT2D eigenvalue weighted by Gasteiger charge is 2.23. The van der Waals surface area contributed by atoms with Gasteiger partial charge in [-0.2, -0.15) is 0 Å². The Morgan fingerprint density at radius 3 is 3.00 bits per heavy atom. The van der Waals surface area contributed by atoms with Crippen LogP contribution in [-0.4, -0.2) is 55.2 Å². The number of hydrogen-bond donors (Lipinski definition) is 2. The topological polar surface area (TPSA) is 61.8 Å². The van der Waals surface area contributed by atoms with Gasteiger partial charge in [-0.15, -0.1) is 0 Å². The van der Waals surface area contributed by atoms with Gasteiger partial charge in [0.1, 0.15) is 0 Å². The van der Waals surface area contributed by atoms with Crippen molar-refractivity contribution < 1.29 is 4.74 Å². The van der Waals surface area contributed by atoms with Crippen LogP contribution in [0.5, 0.6) is 5.88 Å². The maximum absolute atomic E-state index is 5.75. The third kappa shape index (κ3) is 5.59. The first-order valence-corrected chi connectivity index (χ1v) is 9.54. The van der Waals surface area contributed by atoms with Crippen molar-refractivity contribution in [2.75, 3.05) is 33.3 Å². The summed E-state index contributed by atoms with van der Waals surface area (Å²) in [4.78, 5) is 11.2. The number of aromatic nitrogens is 1. The molecular formula is C19H31N5O. The molecule has 1 atom stereocenters. The van der Waals surface area contributed by atoms with Gasteiger partial charge in [-0.1, -0.05) is 6.92 Å². The molecule has 0 aromatic carbocycles. The van der Waals surface area contributed by atoms with Crippen molar-refractivity contribution in [3.05, 3.63) is 23.9 Å². The Labute approximate surface area is 151 Å². The van der Waals surface area contributed by atoms with Gasteiger partial charge in [0.05, 0.1) is 6.61 Å². The van der Waals surface area contributed by atoms with Crippen LogP contribution in [0.15, 0.2) is 23.3 Å². The van der Waals surface area contributed by atoms with Crippen LogP contribution in [0.25, 0.3) is 0 Å². The number of hydrogen-bond acceptors (Lipinski definition) is 4. The second kappa shape index (κ2) is 9.04. The summed E-state index contributed by atoms with van der Waals surface area (Å²) < 4.78 is 5.75. The first kappa shape index (κ1) is 18.0. The molecule has 1 saturated carbocycles. The summed E-state index contributed by atoms with van der Waals surface area (Å²) in [5.41, 5.74) is 1.15. The zero-order valence-corrected chi connectivity index (χ0v) is 15.5. The highest BCUT2D eigenvalue weighted by atomic mass is 16.5. The van der Waals surface area contributed by atoms with Crippen molar-refractivity contribution in [2.45, 2.75) is 45.2 Å². The lowest BCUT2D eigenvalue weighted by atomic mass is 10.2. The molecule has 6 heteroatoms. The van der Waals surface area contributed by atoms with Crippen LogP contribution in [0.4, 0.5) is 0 Å². The van der Waals surface area contributed by atoms with E-state index in [1.165, 1.54) is 32.2 Å². The molecule has 0 spiro atoms. The zero-order chi connectivity index (χ0) is 17.5. The lowest BCUT2D eigenvalue weighted by Crippen LogP contribution is -2.44. The Balaban J connectivity index is 1.43.